The van der Waals surface area contributed by atoms with E-state index in [4.69, 9.17) is 5.73 Å². The van der Waals surface area contributed by atoms with Gasteiger partial charge in [0.05, 0.1) is 4.90 Å². The average Bonchev–Trinajstić information content (AvgIpc) is 2.25. The van der Waals surface area contributed by atoms with Crippen molar-refractivity contribution >= 4 is 15.7 Å². The summed E-state index contributed by atoms with van der Waals surface area (Å²) >= 11 is 0. The van der Waals surface area contributed by atoms with Crippen LogP contribution in [0.15, 0.2) is 29.7 Å². The predicted octanol–water partition coefficient (Wildman–Crippen LogP) is 2.13. The Hall–Kier alpha value is -1.33. The summed E-state index contributed by atoms with van der Waals surface area (Å²) in [6, 6.07) is 3.12. The maximum absolute atomic E-state index is 12.2. The SMILES string of the molecule is C=CCC(C)NS(=O)(=O)c1ccc(C)c(N)c1C. The number of rotatable bonds is 5. The number of aryl methyl sites for hydroxylation is 1. The van der Waals surface area contributed by atoms with Gasteiger partial charge < -0.3 is 5.73 Å². The van der Waals surface area contributed by atoms with Gasteiger partial charge in [-0.3, -0.25) is 0 Å². The third-order valence-electron chi connectivity index (χ3n) is 2.85. The molecular formula is C13H20N2O2S. The highest BCUT2D eigenvalue weighted by Gasteiger charge is 2.20. The number of hydrogen-bond acceptors (Lipinski definition) is 3. The van der Waals surface area contributed by atoms with Crippen LogP contribution in [0.4, 0.5) is 5.69 Å². The van der Waals surface area contributed by atoms with E-state index in [9.17, 15) is 8.42 Å². The van der Waals surface area contributed by atoms with Crippen molar-refractivity contribution in [3.63, 3.8) is 0 Å². The summed E-state index contributed by atoms with van der Waals surface area (Å²) in [6.07, 6.45) is 2.27. The van der Waals surface area contributed by atoms with E-state index in [1.165, 1.54) is 0 Å². The molecule has 0 saturated carbocycles. The van der Waals surface area contributed by atoms with E-state index in [1.54, 1.807) is 32.1 Å². The van der Waals surface area contributed by atoms with E-state index in [-0.39, 0.29) is 10.9 Å². The molecule has 4 nitrogen and oxygen atoms in total. The standard InChI is InChI=1S/C13H20N2O2S/c1-5-6-10(3)15-18(16,17)12-8-7-9(2)13(14)11(12)4/h5,7-8,10,15H,1,6,14H2,2-4H3. The van der Waals surface area contributed by atoms with Gasteiger partial charge in [-0.05, 0) is 44.4 Å². The molecule has 0 heterocycles. The largest absolute Gasteiger partial charge is 0.398 e. The molecule has 0 aliphatic carbocycles. The first-order valence-electron chi connectivity index (χ1n) is 5.78. The fraction of sp³-hybridized carbons (Fsp3) is 0.385. The van der Waals surface area contributed by atoms with E-state index in [0.29, 0.717) is 17.7 Å². The summed E-state index contributed by atoms with van der Waals surface area (Å²) < 4.78 is 27.0. The highest BCUT2D eigenvalue weighted by atomic mass is 32.2. The third kappa shape index (κ3) is 3.11. The summed E-state index contributed by atoms with van der Waals surface area (Å²) in [5.74, 6) is 0. The number of benzene rings is 1. The Morgan fingerprint density at radius 1 is 1.44 bits per heavy atom. The Kier molecular flexibility index (Phi) is 4.53. The third-order valence-corrected chi connectivity index (χ3v) is 4.58. The molecule has 1 rings (SSSR count). The highest BCUT2D eigenvalue weighted by molar-refractivity contribution is 7.89. The van der Waals surface area contributed by atoms with Crippen molar-refractivity contribution in [3.8, 4) is 0 Å². The van der Waals surface area contributed by atoms with Crippen LogP contribution in [0.3, 0.4) is 0 Å². The number of anilines is 1. The second-order valence-corrected chi connectivity index (χ2v) is 6.15. The van der Waals surface area contributed by atoms with Crippen LogP contribution < -0.4 is 10.5 Å². The Labute approximate surface area is 109 Å². The summed E-state index contributed by atoms with van der Waals surface area (Å²) in [4.78, 5) is 0.238. The van der Waals surface area contributed by atoms with Crippen LogP contribution in [0.5, 0.6) is 0 Å². The van der Waals surface area contributed by atoms with Gasteiger partial charge >= 0.3 is 0 Å². The molecule has 0 saturated heterocycles. The lowest BCUT2D eigenvalue weighted by atomic mass is 10.1. The molecule has 1 aromatic rings. The van der Waals surface area contributed by atoms with Crippen LogP contribution in [0, 0.1) is 13.8 Å². The van der Waals surface area contributed by atoms with Crippen molar-refractivity contribution in [2.45, 2.75) is 38.1 Å². The first kappa shape index (κ1) is 14.7. The van der Waals surface area contributed by atoms with E-state index < -0.39 is 10.0 Å². The minimum atomic E-state index is -3.53. The molecule has 0 aliphatic heterocycles. The monoisotopic (exact) mass is 268 g/mol. The lowest BCUT2D eigenvalue weighted by Crippen LogP contribution is -2.32. The van der Waals surface area contributed by atoms with Gasteiger partial charge in [-0.2, -0.15) is 0 Å². The molecule has 0 aromatic heterocycles. The molecule has 1 atom stereocenters. The number of nitrogens with two attached hydrogens (primary N) is 1. The molecule has 0 radical (unpaired) electrons. The Balaban J connectivity index is 3.13. The molecule has 1 unspecified atom stereocenters. The zero-order valence-electron chi connectivity index (χ0n) is 11.0. The van der Waals surface area contributed by atoms with Gasteiger partial charge in [0.25, 0.3) is 0 Å². The quantitative estimate of drug-likeness (QED) is 0.634. The van der Waals surface area contributed by atoms with E-state index in [2.05, 4.69) is 11.3 Å². The minimum Gasteiger partial charge on any atom is -0.398 e. The maximum atomic E-state index is 12.2. The molecule has 0 fully saturated rings. The van der Waals surface area contributed by atoms with Gasteiger partial charge in [0.2, 0.25) is 10.0 Å². The molecule has 18 heavy (non-hydrogen) atoms. The second kappa shape index (κ2) is 5.54. The number of nitrogen functional groups attached to an aromatic ring is 1. The van der Waals surface area contributed by atoms with Gasteiger partial charge in [0.1, 0.15) is 0 Å². The number of sulfonamides is 1. The van der Waals surface area contributed by atoms with Crippen LogP contribution in [-0.4, -0.2) is 14.5 Å². The molecule has 0 aliphatic rings. The van der Waals surface area contributed by atoms with Crippen LogP contribution >= 0.6 is 0 Å². The topological polar surface area (TPSA) is 72.2 Å². The lowest BCUT2D eigenvalue weighted by Gasteiger charge is -2.15. The molecule has 5 heteroatoms. The molecule has 100 valence electrons. The van der Waals surface area contributed by atoms with Gasteiger partial charge in [0, 0.05) is 11.7 Å². The zero-order valence-corrected chi connectivity index (χ0v) is 11.8. The second-order valence-electron chi connectivity index (χ2n) is 4.47. The van der Waals surface area contributed by atoms with Crippen molar-refractivity contribution in [2.24, 2.45) is 0 Å². The fourth-order valence-corrected chi connectivity index (χ4v) is 3.27. The van der Waals surface area contributed by atoms with Crippen LogP contribution in [0.2, 0.25) is 0 Å². The fourth-order valence-electron chi connectivity index (χ4n) is 1.76. The number of nitrogens with one attached hydrogen (secondary N) is 1. The summed E-state index contributed by atoms with van der Waals surface area (Å²) in [5, 5.41) is 0. The molecule has 0 amide bonds. The molecular weight excluding hydrogens is 248 g/mol. The minimum absolute atomic E-state index is 0.186. The zero-order chi connectivity index (χ0) is 13.9. The number of hydrogen-bond donors (Lipinski definition) is 2. The Bertz CT molecular complexity index is 550. The van der Waals surface area contributed by atoms with E-state index in [0.717, 1.165) is 5.56 Å². The Morgan fingerprint density at radius 3 is 2.61 bits per heavy atom. The molecule has 0 bridgehead atoms. The molecule has 3 N–H and O–H groups in total. The van der Waals surface area contributed by atoms with Gasteiger partial charge in [-0.25, -0.2) is 13.1 Å². The summed E-state index contributed by atoms with van der Waals surface area (Å²) in [6.45, 7) is 8.96. The average molecular weight is 268 g/mol. The van der Waals surface area contributed by atoms with E-state index in [1.807, 2.05) is 6.92 Å². The van der Waals surface area contributed by atoms with Gasteiger partial charge in [-0.1, -0.05) is 12.1 Å². The van der Waals surface area contributed by atoms with Crippen LogP contribution in [0.1, 0.15) is 24.5 Å². The van der Waals surface area contributed by atoms with Crippen molar-refractivity contribution in [2.75, 3.05) is 5.73 Å². The smallest absolute Gasteiger partial charge is 0.241 e. The van der Waals surface area contributed by atoms with Crippen molar-refractivity contribution in [1.29, 1.82) is 0 Å². The van der Waals surface area contributed by atoms with Gasteiger partial charge in [0.15, 0.2) is 0 Å². The lowest BCUT2D eigenvalue weighted by molar-refractivity contribution is 0.561. The van der Waals surface area contributed by atoms with Crippen LogP contribution in [-0.2, 0) is 10.0 Å². The summed E-state index contributed by atoms with van der Waals surface area (Å²) in [5.41, 5.74) is 7.85. The van der Waals surface area contributed by atoms with Crippen molar-refractivity contribution in [3.05, 3.63) is 35.9 Å². The summed E-state index contributed by atoms with van der Waals surface area (Å²) in [7, 11) is -3.53. The van der Waals surface area contributed by atoms with Crippen LogP contribution in [0.25, 0.3) is 0 Å². The maximum Gasteiger partial charge on any atom is 0.241 e. The van der Waals surface area contributed by atoms with Crippen molar-refractivity contribution in [1.82, 2.24) is 4.72 Å². The Morgan fingerprint density at radius 2 is 2.06 bits per heavy atom. The van der Waals surface area contributed by atoms with Crippen molar-refractivity contribution < 1.29 is 8.42 Å². The first-order valence-corrected chi connectivity index (χ1v) is 7.26. The van der Waals surface area contributed by atoms with Gasteiger partial charge in [-0.15, -0.1) is 6.58 Å². The normalized spacial score (nSPS) is 13.3. The highest BCUT2D eigenvalue weighted by Crippen LogP contribution is 2.24. The van der Waals surface area contributed by atoms with E-state index >= 15 is 0 Å². The predicted molar refractivity (Wildman–Crippen MR) is 74.9 cm³/mol. The molecule has 1 aromatic carbocycles. The molecule has 0 spiro atoms. The first-order chi connectivity index (χ1) is 8.29.